The van der Waals surface area contributed by atoms with Gasteiger partial charge in [0.1, 0.15) is 11.3 Å². The van der Waals surface area contributed by atoms with Crippen LogP contribution in [-0.4, -0.2) is 48.2 Å². The van der Waals surface area contributed by atoms with E-state index in [4.69, 9.17) is 10.5 Å². The van der Waals surface area contributed by atoms with Crippen LogP contribution in [-0.2, 0) is 0 Å². The van der Waals surface area contributed by atoms with Gasteiger partial charge >= 0.3 is 0 Å². The van der Waals surface area contributed by atoms with Crippen LogP contribution in [0.3, 0.4) is 0 Å². The standard InChI is InChI=1S/C14H19N3O4S/c1-21-12-7-11(17(19)20)10(6-13(12)22-2)14(18)16-5-3-4-9(15)8-16/h6-7,9H,3-5,8,15H2,1-2H3. The van der Waals surface area contributed by atoms with Crippen LogP contribution in [0.2, 0.25) is 0 Å². The van der Waals surface area contributed by atoms with E-state index in [0.717, 1.165) is 12.8 Å². The zero-order valence-electron chi connectivity index (χ0n) is 12.6. The highest BCUT2D eigenvalue weighted by Crippen LogP contribution is 2.35. The predicted octanol–water partition coefficient (Wildman–Crippen LogP) is 1.89. The second-order valence-corrected chi connectivity index (χ2v) is 5.98. The number of carbonyl (C=O) groups is 1. The quantitative estimate of drug-likeness (QED) is 0.515. The molecule has 1 aliphatic heterocycles. The highest BCUT2D eigenvalue weighted by molar-refractivity contribution is 7.98. The number of piperidine rings is 1. The van der Waals surface area contributed by atoms with Crippen molar-refractivity contribution in [2.75, 3.05) is 26.5 Å². The molecule has 1 heterocycles. The van der Waals surface area contributed by atoms with Crippen molar-refractivity contribution in [1.82, 2.24) is 4.90 Å². The van der Waals surface area contributed by atoms with E-state index in [1.165, 1.54) is 31.0 Å². The van der Waals surface area contributed by atoms with E-state index in [-0.39, 0.29) is 23.2 Å². The number of amides is 1. The molecule has 0 saturated carbocycles. The fourth-order valence-corrected chi connectivity index (χ4v) is 3.13. The van der Waals surface area contributed by atoms with E-state index in [2.05, 4.69) is 0 Å². The molecule has 120 valence electrons. The van der Waals surface area contributed by atoms with Crippen LogP contribution in [0.15, 0.2) is 17.0 Å². The number of carbonyl (C=O) groups excluding carboxylic acids is 1. The number of thioether (sulfide) groups is 1. The zero-order chi connectivity index (χ0) is 16.3. The molecule has 1 aliphatic rings. The van der Waals surface area contributed by atoms with Crippen LogP contribution in [0.5, 0.6) is 5.75 Å². The first-order valence-electron chi connectivity index (χ1n) is 6.93. The van der Waals surface area contributed by atoms with E-state index >= 15 is 0 Å². The van der Waals surface area contributed by atoms with Crippen molar-refractivity contribution >= 4 is 23.4 Å². The third kappa shape index (κ3) is 3.33. The second-order valence-electron chi connectivity index (χ2n) is 5.13. The number of benzene rings is 1. The summed E-state index contributed by atoms with van der Waals surface area (Å²) in [4.78, 5) is 25.7. The van der Waals surface area contributed by atoms with Crippen molar-refractivity contribution in [3.63, 3.8) is 0 Å². The van der Waals surface area contributed by atoms with Crippen molar-refractivity contribution < 1.29 is 14.5 Å². The van der Waals surface area contributed by atoms with Gasteiger partial charge in [-0.2, -0.15) is 0 Å². The van der Waals surface area contributed by atoms with Gasteiger partial charge in [-0.3, -0.25) is 14.9 Å². The number of hydrogen-bond donors (Lipinski definition) is 1. The lowest BCUT2D eigenvalue weighted by Crippen LogP contribution is -2.45. The molecule has 1 unspecified atom stereocenters. The smallest absolute Gasteiger partial charge is 0.285 e. The predicted molar refractivity (Wildman–Crippen MR) is 84.5 cm³/mol. The third-order valence-corrected chi connectivity index (χ3v) is 4.43. The summed E-state index contributed by atoms with van der Waals surface area (Å²) < 4.78 is 5.15. The van der Waals surface area contributed by atoms with E-state index in [1.54, 1.807) is 4.90 Å². The Morgan fingerprint density at radius 3 is 2.82 bits per heavy atom. The van der Waals surface area contributed by atoms with Crippen molar-refractivity contribution in [1.29, 1.82) is 0 Å². The van der Waals surface area contributed by atoms with E-state index in [0.29, 0.717) is 23.7 Å². The number of ether oxygens (including phenoxy) is 1. The highest BCUT2D eigenvalue weighted by atomic mass is 32.2. The highest BCUT2D eigenvalue weighted by Gasteiger charge is 2.29. The largest absolute Gasteiger partial charge is 0.495 e. The Labute approximate surface area is 132 Å². The number of nitrogens with two attached hydrogens (primary N) is 1. The fourth-order valence-electron chi connectivity index (χ4n) is 2.56. The molecule has 2 N–H and O–H groups in total. The summed E-state index contributed by atoms with van der Waals surface area (Å²) in [5, 5.41) is 11.3. The molecule has 2 rings (SSSR count). The molecule has 1 amide bonds. The van der Waals surface area contributed by atoms with Gasteiger partial charge in [0, 0.05) is 19.1 Å². The fraction of sp³-hybridized carbons (Fsp3) is 0.500. The molecule has 0 bridgehead atoms. The molecular weight excluding hydrogens is 306 g/mol. The van der Waals surface area contributed by atoms with Gasteiger partial charge in [-0.1, -0.05) is 0 Å². The molecule has 0 aliphatic carbocycles. The average molecular weight is 325 g/mol. The Balaban J connectivity index is 2.43. The van der Waals surface area contributed by atoms with Gasteiger partial charge < -0.3 is 15.4 Å². The van der Waals surface area contributed by atoms with Crippen LogP contribution in [0.1, 0.15) is 23.2 Å². The Hall–Kier alpha value is -1.80. The Morgan fingerprint density at radius 2 is 2.27 bits per heavy atom. The average Bonchev–Trinajstić information content (AvgIpc) is 2.52. The number of nitro groups is 1. The Morgan fingerprint density at radius 1 is 1.55 bits per heavy atom. The van der Waals surface area contributed by atoms with Crippen LogP contribution in [0.4, 0.5) is 5.69 Å². The minimum Gasteiger partial charge on any atom is -0.495 e. The molecule has 0 spiro atoms. The SMILES string of the molecule is COc1cc([N+](=O)[O-])c(C(=O)N2CCCC(N)C2)cc1SC. The van der Waals surface area contributed by atoms with Crippen molar-refractivity contribution in [2.24, 2.45) is 5.73 Å². The van der Waals surface area contributed by atoms with Gasteiger partial charge in [0.15, 0.2) is 0 Å². The number of nitrogens with zero attached hydrogens (tertiary/aromatic N) is 2. The maximum Gasteiger partial charge on any atom is 0.285 e. The van der Waals surface area contributed by atoms with Gasteiger partial charge in [-0.05, 0) is 25.2 Å². The van der Waals surface area contributed by atoms with Gasteiger partial charge in [-0.25, -0.2) is 0 Å². The lowest BCUT2D eigenvalue weighted by Gasteiger charge is -2.30. The topological polar surface area (TPSA) is 98.7 Å². The summed E-state index contributed by atoms with van der Waals surface area (Å²) in [5.41, 5.74) is 5.74. The second kappa shape index (κ2) is 6.97. The third-order valence-electron chi connectivity index (χ3n) is 3.67. The van der Waals surface area contributed by atoms with Gasteiger partial charge in [0.25, 0.3) is 11.6 Å². The first-order valence-corrected chi connectivity index (χ1v) is 8.15. The lowest BCUT2D eigenvalue weighted by molar-refractivity contribution is -0.385. The Bertz CT molecular complexity index is 594. The summed E-state index contributed by atoms with van der Waals surface area (Å²) in [6.07, 6.45) is 3.51. The van der Waals surface area contributed by atoms with Crippen LogP contribution in [0.25, 0.3) is 0 Å². The molecule has 22 heavy (non-hydrogen) atoms. The molecule has 0 radical (unpaired) electrons. The van der Waals surface area contributed by atoms with Gasteiger partial charge in [-0.15, -0.1) is 11.8 Å². The van der Waals surface area contributed by atoms with Crippen LogP contribution in [0, 0.1) is 10.1 Å². The molecular formula is C14H19N3O4S. The number of rotatable bonds is 4. The number of nitro benzene ring substituents is 1. The molecule has 8 heteroatoms. The maximum absolute atomic E-state index is 12.7. The summed E-state index contributed by atoms with van der Waals surface area (Å²) >= 11 is 1.38. The maximum atomic E-state index is 12.7. The molecule has 0 aromatic heterocycles. The summed E-state index contributed by atoms with van der Waals surface area (Å²) in [5.74, 6) is 0.0471. The van der Waals surface area contributed by atoms with Crippen molar-refractivity contribution in [3.05, 3.63) is 27.8 Å². The molecule has 1 fully saturated rings. The number of hydrogen-bond acceptors (Lipinski definition) is 6. The van der Waals surface area contributed by atoms with E-state index in [1.807, 2.05) is 6.26 Å². The van der Waals surface area contributed by atoms with Crippen molar-refractivity contribution in [2.45, 2.75) is 23.8 Å². The first-order chi connectivity index (χ1) is 10.5. The van der Waals surface area contributed by atoms with Gasteiger partial charge in [0.05, 0.1) is 23.0 Å². The number of likely N-dealkylation sites (tertiary alicyclic amines) is 1. The lowest BCUT2D eigenvalue weighted by atomic mass is 10.0. The summed E-state index contributed by atoms with van der Waals surface area (Å²) in [6, 6.07) is 2.77. The first kappa shape index (κ1) is 16.6. The van der Waals surface area contributed by atoms with Crippen LogP contribution < -0.4 is 10.5 Å². The molecule has 7 nitrogen and oxygen atoms in total. The minimum absolute atomic E-state index is 0.0741. The number of methoxy groups -OCH3 is 1. The minimum atomic E-state index is -0.552. The Kier molecular flexibility index (Phi) is 5.25. The normalized spacial score (nSPS) is 18.1. The zero-order valence-corrected chi connectivity index (χ0v) is 13.4. The molecule has 1 atom stereocenters. The van der Waals surface area contributed by atoms with Crippen LogP contribution >= 0.6 is 11.8 Å². The monoisotopic (exact) mass is 325 g/mol. The van der Waals surface area contributed by atoms with E-state index < -0.39 is 4.92 Å². The molecule has 1 aromatic rings. The molecule has 1 aromatic carbocycles. The van der Waals surface area contributed by atoms with Crippen molar-refractivity contribution in [3.8, 4) is 5.75 Å². The summed E-state index contributed by atoms with van der Waals surface area (Å²) in [6.45, 7) is 1.00. The molecule has 1 saturated heterocycles. The van der Waals surface area contributed by atoms with E-state index in [9.17, 15) is 14.9 Å². The summed E-state index contributed by atoms with van der Waals surface area (Å²) in [7, 11) is 1.45. The van der Waals surface area contributed by atoms with Gasteiger partial charge in [0.2, 0.25) is 0 Å².